The van der Waals surface area contributed by atoms with Gasteiger partial charge in [-0.05, 0) is 18.6 Å². The van der Waals surface area contributed by atoms with E-state index < -0.39 is 5.97 Å². The van der Waals surface area contributed by atoms with Gasteiger partial charge in [-0.2, -0.15) is 11.8 Å². The maximum Gasteiger partial charge on any atom is 0.305 e. The molecule has 0 bridgehead atoms. The van der Waals surface area contributed by atoms with E-state index in [1.807, 2.05) is 6.07 Å². The Morgan fingerprint density at radius 3 is 2.88 bits per heavy atom. The molecule has 0 aromatic heterocycles. The molecule has 1 unspecified atom stereocenters. The van der Waals surface area contributed by atoms with Crippen molar-refractivity contribution in [1.29, 1.82) is 0 Å². The maximum absolute atomic E-state index is 12.5. The number of thioether (sulfide) groups is 1. The molecular formula is C18H22N2O5S. The Kier molecular flexibility index (Phi) is 6.03. The van der Waals surface area contributed by atoms with E-state index in [1.165, 1.54) is 0 Å². The summed E-state index contributed by atoms with van der Waals surface area (Å²) in [5, 5.41) is 9.02. The number of ether oxygens (including phenoxy) is 1. The van der Waals surface area contributed by atoms with Crippen LogP contribution >= 0.6 is 11.8 Å². The van der Waals surface area contributed by atoms with Crippen LogP contribution in [0, 0.1) is 0 Å². The standard InChI is InChI=1S/C18H22N2O5S/c21-16-5-2-6-19(16)13-3-1-4-15(9-13)25-11-17(22)20-7-8-26-12-14(20)10-18(23)24/h1,3-4,9,14H,2,5-8,10-12H2,(H,23,24). The number of hydrogen-bond donors (Lipinski definition) is 1. The topological polar surface area (TPSA) is 87.2 Å². The van der Waals surface area contributed by atoms with Crippen LogP contribution in [0.15, 0.2) is 24.3 Å². The quantitative estimate of drug-likeness (QED) is 0.809. The van der Waals surface area contributed by atoms with Crippen molar-refractivity contribution in [2.24, 2.45) is 0 Å². The molecule has 2 heterocycles. The average molecular weight is 378 g/mol. The van der Waals surface area contributed by atoms with Crippen molar-refractivity contribution in [1.82, 2.24) is 4.90 Å². The Morgan fingerprint density at radius 1 is 1.31 bits per heavy atom. The van der Waals surface area contributed by atoms with Gasteiger partial charge in [0.1, 0.15) is 5.75 Å². The fraction of sp³-hybridized carbons (Fsp3) is 0.500. The molecule has 1 aromatic carbocycles. The van der Waals surface area contributed by atoms with Crippen molar-refractivity contribution >= 4 is 35.2 Å². The van der Waals surface area contributed by atoms with Gasteiger partial charge in [0.25, 0.3) is 5.91 Å². The molecule has 26 heavy (non-hydrogen) atoms. The highest BCUT2D eigenvalue weighted by molar-refractivity contribution is 7.99. The Balaban J connectivity index is 1.60. The SMILES string of the molecule is O=C(O)CC1CSCCN1C(=O)COc1cccc(N2CCCC2=O)c1. The van der Waals surface area contributed by atoms with E-state index in [4.69, 9.17) is 9.84 Å². The Hall–Kier alpha value is -2.22. The van der Waals surface area contributed by atoms with E-state index in [1.54, 1.807) is 39.8 Å². The monoisotopic (exact) mass is 378 g/mol. The Bertz CT molecular complexity index is 696. The van der Waals surface area contributed by atoms with Crippen LogP contribution in [-0.4, -0.2) is 65.0 Å². The summed E-state index contributed by atoms with van der Waals surface area (Å²) in [7, 11) is 0. The summed E-state index contributed by atoms with van der Waals surface area (Å²) in [5.41, 5.74) is 0.774. The van der Waals surface area contributed by atoms with Crippen LogP contribution in [0.2, 0.25) is 0 Å². The van der Waals surface area contributed by atoms with Crippen molar-refractivity contribution in [3.63, 3.8) is 0 Å². The summed E-state index contributed by atoms with van der Waals surface area (Å²) in [6.07, 6.45) is 1.35. The van der Waals surface area contributed by atoms with Crippen LogP contribution in [0.5, 0.6) is 5.75 Å². The third-order valence-electron chi connectivity index (χ3n) is 4.52. The second-order valence-corrected chi connectivity index (χ2v) is 7.50. The summed E-state index contributed by atoms with van der Waals surface area (Å²) in [5.74, 6) is 0.939. The molecule has 0 saturated carbocycles. The van der Waals surface area contributed by atoms with Crippen LogP contribution in [0.25, 0.3) is 0 Å². The molecule has 0 aliphatic carbocycles. The average Bonchev–Trinajstić information content (AvgIpc) is 3.06. The molecule has 3 rings (SSSR count). The van der Waals surface area contributed by atoms with E-state index in [-0.39, 0.29) is 30.9 Å². The zero-order chi connectivity index (χ0) is 18.5. The van der Waals surface area contributed by atoms with Gasteiger partial charge in [0, 0.05) is 42.8 Å². The van der Waals surface area contributed by atoms with Crippen molar-refractivity contribution in [2.75, 3.05) is 36.1 Å². The van der Waals surface area contributed by atoms with Gasteiger partial charge in [-0.1, -0.05) is 6.07 Å². The molecule has 0 spiro atoms. The Morgan fingerprint density at radius 2 is 2.15 bits per heavy atom. The van der Waals surface area contributed by atoms with Gasteiger partial charge >= 0.3 is 5.97 Å². The minimum Gasteiger partial charge on any atom is -0.484 e. The summed E-state index contributed by atoms with van der Waals surface area (Å²) >= 11 is 1.66. The van der Waals surface area contributed by atoms with Gasteiger partial charge in [0.05, 0.1) is 12.5 Å². The summed E-state index contributed by atoms with van der Waals surface area (Å²) in [6.45, 7) is 1.09. The highest BCUT2D eigenvalue weighted by atomic mass is 32.2. The predicted octanol–water partition coefficient (Wildman–Crippen LogP) is 1.61. The molecule has 0 radical (unpaired) electrons. The summed E-state index contributed by atoms with van der Waals surface area (Å²) in [4.78, 5) is 38.7. The van der Waals surface area contributed by atoms with Crippen LogP contribution in [-0.2, 0) is 14.4 Å². The number of carboxylic acids is 1. The number of hydrogen-bond acceptors (Lipinski definition) is 5. The smallest absolute Gasteiger partial charge is 0.305 e. The van der Waals surface area contributed by atoms with E-state index >= 15 is 0 Å². The number of carbonyl (C=O) groups is 3. The lowest BCUT2D eigenvalue weighted by Gasteiger charge is -2.34. The molecule has 7 nitrogen and oxygen atoms in total. The molecule has 1 aromatic rings. The molecule has 8 heteroatoms. The number of benzene rings is 1. The molecule has 2 amide bonds. The van der Waals surface area contributed by atoms with Gasteiger partial charge in [-0.15, -0.1) is 0 Å². The number of amides is 2. The number of anilines is 1. The van der Waals surface area contributed by atoms with Gasteiger partial charge in [0.2, 0.25) is 5.91 Å². The molecule has 140 valence electrons. The summed E-state index contributed by atoms with van der Waals surface area (Å²) < 4.78 is 5.63. The van der Waals surface area contributed by atoms with Gasteiger partial charge in [-0.3, -0.25) is 14.4 Å². The fourth-order valence-electron chi connectivity index (χ4n) is 3.24. The number of rotatable bonds is 6. The second kappa shape index (κ2) is 8.44. The normalized spacial score (nSPS) is 20.3. The number of aliphatic carboxylic acids is 1. The maximum atomic E-state index is 12.5. The minimum absolute atomic E-state index is 0.0503. The third-order valence-corrected chi connectivity index (χ3v) is 5.61. The molecule has 2 saturated heterocycles. The first-order valence-corrected chi connectivity index (χ1v) is 9.82. The van der Waals surface area contributed by atoms with Crippen LogP contribution in [0.1, 0.15) is 19.3 Å². The lowest BCUT2D eigenvalue weighted by molar-refractivity contribution is -0.141. The lowest BCUT2D eigenvalue weighted by atomic mass is 10.2. The van der Waals surface area contributed by atoms with E-state index in [2.05, 4.69) is 0 Å². The van der Waals surface area contributed by atoms with Crippen molar-refractivity contribution in [3.05, 3.63) is 24.3 Å². The second-order valence-electron chi connectivity index (χ2n) is 6.35. The first-order chi connectivity index (χ1) is 12.5. The molecule has 2 aliphatic rings. The first kappa shape index (κ1) is 18.6. The Labute approximate surface area is 156 Å². The van der Waals surface area contributed by atoms with Crippen LogP contribution in [0.4, 0.5) is 5.69 Å². The fourth-order valence-corrected chi connectivity index (χ4v) is 4.31. The molecule has 1 atom stereocenters. The zero-order valence-electron chi connectivity index (χ0n) is 14.4. The number of carboxylic acid groups (broad SMARTS) is 1. The van der Waals surface area contributed by atoms with Crippen molar-refractivity contribution in [2.45, 2.75) is 25.3 Å². The highest BCUT2D eigenvalue weighted by Crippen LogP contribution is 2.25. The highest BCUT2D eigenvalue weighted by Gasteiger charge is 2.29. The first-order valence-electron chi connectivity index (χ1n) is 8.67. The van der Waals surface area contributed by atoms with Gasteiger partial charge in [-0.25, -0.2) is 0 Å². The lowest BCUT2D eigenvalue weighted by Crippen LogP contribution is -2.48. The number of carbonyl (C=O) groups excluding carboxylic acids is 2. The van der Waals surface area contributed by atoms with Gasteiger partial charge < -0.3 is 19.6 Å². The van der Waals surface area contributed by atoms with Crippen LogP contribution < -0.4 is 9.64 Å². The molecule has 1 N–H and O–H groups in total. The van der Waals surface area contributed by atoms with Crippen molar-refractivity contribution < 1.29 is 24.2 Å². The summed E-state index contributed by atoms with van der Waals surface area (Å²) in [6, 6.07) is 6.86. The minimum atomic E-state index is -0.904. The largest absolute Gasteiger partial charge is 0.484 e. The van der Waals surface area contributed by atoms with E-state index in [9.17, 15) is 14.4 Å². The van der Waals surface area contributed by atoms with Crippen molar-refractivity contribution in [3.8, 4) is 5.75 Å². The molecule has 2 fully saturated rings. The zero-order valence-corrected chi connectivity index (χ0v) is 15.2. The van der Waals surface area contributed by atoms with Crippen LogP contribution in [0.3, 0.4) is 0 Å². The molecule has 2 aliphatic heterocycles. The van der Waals surface area contributed by atoms with E-state index in [0.717, 1.165) is 17.9 Å². The third kappa shape index (κ3) is 4.49. The number of nitrogens with zero attached hydrogens (tertiary/aromatic N) is 2. The van der Waals surface area contributed by atoms with E-state index in [0.29, 0.717) is 31.0 Å². The predicted molar refractivity (Wildman–Crippen MR) is 98.6 cm³/mol. The molecular weight excluding hydrogens is 356 g/mol. The van der Waals surface area contributed by atoms with Gasteiger partial charge in [0.15, 0.2) is 6.61 Å².